The third kappa shape index (κ3) is 4.08. The van der Waals surface area contributed by atoms with Gasteiger partial charge in [-0.05, 0) is 17.7 Å². The molecular formula is C19H16N4O. The van der Waals surface area contributed by atoms with Gasteiger partial charge in [-0.25, -0.2) is 9.97 Å². The average Bonchev–Trinajstić information content (AvgIpc) is 2.63. The van der Waals surface area contributed by atoms with Gasteiger partial charge in [0.25, 0.3) is 0 Å². The van der Waals surface area contributed by atoms with Gasteiger partial charge >= 0.3 is 0 Å². The Kier molecular flexibility index (Phi) is 5.00. The standard InChI is InChI=1S/C19H16N4O/c20-14-18-19(22-11-10-21-18)23-16-7-4-8-17(13-16)24-12-9-15-5-2-1-3-6-15/h1-8,10-11,13H,9,12H2,(H,22,23). The summed E-state index contributed by atoms with van der Waals surface area (Å²) in [6, 6.07) is 19.8. The van der Waals surface area contributed by atoms with E-state index in [0.717, 1.165) is 17.9 Å². The first-order chi connectivity index (χ1) is 11.8. The summed E-state index contributed by atoms with van der Waals surface area (Å²) in [6.45, 7) is 0.599. The second-order valence-corrected chi connectivity index (χ2v) is 5.10. The second kappa shape index (κ2) is 7.75. The van der Waals surface area contributed by atoms with E-state index in [-0.39, 0.29) is 5.69 Å². The topological polar surface area (TPSA) is 70.8 Å². The maximum Gasteiger partial charge on any atom is 0.183 e. The Hall–Kier alpha value is -3.39. The van der Waals surface area contributed by atoms with E-state index in [9.17, 15) is 0 Å². The quantitative estimate of drug-likeness (QED) is 0.750. The number of anilines is 2. The number of benzene rings is 2. The van der Waals surface area contributed by atoms with E-state index in [2.05, 4.69) is 27.4 Å². The Bertz CT molecular complexity index is 843. The number of hydrogen-bond acceptors (Lipinski definition) is 5. The van der Waals surface area contributed by atoms with Crippen molar-refractivity contribution in [1.29, 1.82) is 5.26 Å². The van der Waals surface area contributed by atoms with Gasteiger partial charge in [-0.2, -0.15) is 5.26 Å². The molecule has 5 heteroatoms. The smallest absolute Gasteiger partial charge is 0.183 e. The van der Waals surface area contributed by atoms with Crippen molar-refractivity contribution in [2.45, 2.75) is 6.42 Å². The second-order valence-electron chi connectivity index (χ2n) is 5.10. The molecule has 0 bridgehead atoms. The molecule has 0 atom stereocenters. The normalized spacial score (nSPS) is 9.96. The molecule has 1 heterocycles. The van der Waals surface area contributed by atoms with Gasteiger partial charge in [0, 0.05) is 30.6 Å². The number of ether oxygens (including phenoxy) is 1. The maximum atomic E-state index is 9.06. The zero-order valence-corrected chi connectivity index (χ0v) is 13.0. The van der Waals surface area contributed by atoms with Crippen LogP contribution >= 0.6 is 0 Å². The molecule has 0 radical (unpaired) electrons. The third-order valence-corrected chi connectivity index (χ3v) is 3.40. The van der Waals surface area contributed by atoms with Gasteiger partial charge in [0.05, 0.1) is 6.61 Å². The maximum absolute atomic E-state index is 9.06. The summed E-state index contributed by atoms with van der Waals surface area (Å²) in [7, 11) is 0. The largest absolute Gasteiger partial charge is 0.493 e. The number of nitriles is 1. The first-order valence-electron chi connectivity index (χ1n) is 7.60. The van der Waals surface area contributed by atoms with Crippen molar-refractivity contribution in [2.75, 3.05) is 11.9 Å². The van der Waals surface area contributed by atoms with Gasteiger partial charge in [-0.15, -0.1) is 0 Å². The van der Waals surface area contributed by atoms with E-state index >= 15 is 0 Å². The molecule has 0 spiro atoms. The SMILES string of the molecule is N#Cc1nccnc1Nc1cccc(OCCc2ccccc2)c1. The summed E-state index contributed by atoms with van der Waals surface area (Å²) in [5.74, 6) is 1.19. The first-order valence-corrected chi connectivity index (χ1v) is 7.60. The highest BCUT2D eigenvalue weighted by Gasteiger charge is 2.05. The van der Waals surface area contributed by atoms with Gasteiger partial charge in [0.2, 0.25) is 0 Å². The van der Waals surface area contributed by atoms with Crippen LogP contribution in [0.1, 0.15) is 11.3 Å². The molecule has 118 valence electrons. The molecule has 0 saturated carbocycles. The minimum atomic E-state index is 0.257. The molecule has 1 N–H and O–H groups in total. The lowest BCUT2D eigenvalue weighted by molar-refractivity contribution is 0.322. The van der Waals surface area contributed by atoms with Crippen LogP contribution in [0, 0.1) is 11.3 Å². The van der Waals surface area contributed by atoms with Crippen LogP contribution in [0.15, 0.2) is 67.0 Å². The summed E-state index contributed by atoms with van der Waals surface area (Å²) in [5, 5.41) is 12.2. The zero-order chi connectivity index (χ0) is 16.6. The molecule has 0 saturated heterocycles. The Morgan fingerprint density at radius 3 is 2.67 bits per heavy atom. The molecule has 0 unspecified atom stereocenters. The lowest BCUT2D eigenvalue weighted by Crippen LogP contribution is -2.02. The molecule has 0 aliphatic carbocycles. The van der Waals surface area contributed by atoms with E-state index in [1.165, 1.54) is 11.8 Å². The van der Waals surface area contributed by atoms with E-state index in [1.807, 2.05) is 48.5 Å². The highest BCUT2D eigenvalue weighted by atomic mass is 16.5. The lowest BCUT2D eigenvalue weighted by atomic mass is 10.2. The van der Waals surface area contributed by atoms with Gasteiger partial charge in [0.1, 0.15) is 11.8 Å². The van der Waals surface area contributed by atoms with Crippen molar-refractivity contribution in [3.8, 4) is 11.8 Å². The Morgan fingerprint density at radius 1 is 1.00 bits per heavy atom. The third-order valence-electron chi connectivity index (χ3n) is 3.40. The van der Waals surface area contributed by atoms with Crippen LogP contribution in [0.5, 0.6) is 5.75 Å². The molecule has 24 heavy (non-hydrogen) atoms. The number of hydrogen-bond donors (Lipinski definition) is 1. The fourth-order valence-electron chi connectivity index (χ4n) is 2.24. The van der Waals surface area contributed by atoms with Crippen LogP contribution in [0.2, 0.25) is 0 Å². The van der Waals surface area contributed by atoms with Gasteiger partial charge in [0.15, 0.2) is 11.5 Å². The molecule has 3 aromatic rings. The van der Waals surface area contributed by atoms with Crippen LogP contribution < -0.4 is 10.1 Å². The predicted octanol–water partition coefficient (Wildman–Crippen LogP) is 3.71. The number of nitrogens with one attached hydrogen (secondary N) is 1. The summed E-state index contributed by atoms with van der Waals surface area (Å²) < 4.78 is 5.80. The highest BCUT2D eigenvalue weighted by molar-refractivity contribution is 5.61. The molecule has 5 nitrogen and oxygen atoms in total. The fourth-order valence-corrected chi connectivity index (χ4v) is 2.24. The van der Waals surface area contributed by atoms with E-state index < -0.39 is 0 Å². The summed E-state index contributed by atoms with van der Waals surface area (Å²) in [4.78, 5) is 8.12. The number of rotatable bonds is 6. The van der Waals surface area contributed by atoms with Crippen LogP contribution in [0.3, 0.4) is 0 Å². The molecular weight excluding hydrogens is 300 g/mol. The predicted molar refractivity (Wildman–Crippen MR) is 92.1 cm³/mol. The van der Waals surface area contributed by atoms with Crippen LogP contribution in [-0.4, -0.2) is 16.6 Å². The van der Waals surface area contributed by atoms with Crippen molar-refractivity contribution >= 4 is 11.5 Å². The average molecular weight is 316 g/mol. The molecule has 0 fully saturated rings. The minimum absolute atomic E-state index is 0.257. The van der Waals surface area contributed by atoms with Gasteiger partial charge in [-0.1, -0.05) is 36.4 Å². The van der Waals surface area contributed by atoms with Crippen molar-refractivity contribution < 1.29 is 4.74 Å². The summed E-state index contributed by atoms with van der Waals surface area (Å²) >= 11 is 0. The van der Waals surface area contributed by atoms with Gasteiger partial charge in [-0.3, -0.25) is 0 Å². The van der Waals surface area contributed by atoms with Crippen LogP contribution in [-0.2, 0) is 6.42 Å². The van der Waals surface area contributed by atoms with Crippen LogP contribution in [0.25, 0.3) is 0 Å². The molecule has 0 amide bonds. The van der Waals surface area contributed by atoms with E-state index in [4.69, 9.17) is 10.00 Å². The lowest BCUT2D eigenvalue weighted by Gasteiger charge is -2.10. The number of nitrogens with zero attached hydrogens (tertiary/aromatic N) is 3. The van der Waals surface area contributed by atoms with Crippen molar-refractivity contribution in [3.63, 3.8) is 0 Å². The first kappa shape index (κ1) is 15.5. The minimum Gasteiger partial charge on any atom is -0.493 e. The monoisotopic (exact) mass is 316 g/mol. The van der Waals surface area contributed by atoms with E-state index in [1.54, 1.807) is 6.20 Å². The molecule has 3 rings (SSSR count). The summed E-state index contributed by atoms with van der Waals surface area (Å²) in [5.41, 5.74) is 2.29. The zero-order valence-electron chi connectivity index (χ0n) is 13.0. The molecule has 0 aliphatic rings. The highest BCUT2D eigenvalue weighted by Crippen LogP contribution is 2.21. The summed E-state index contributed by atoms with van der Waals surface area (Å²) in [6.07, 6.45) is 3.89. The van der Waals surface area contributed by atoms with Crippen molar-refractivity contribution in [2.24, 2.45) is 0 Å². The Labute approximate surface area is 140 Å². The van der Waals surface area contributed by atoms with E-state index in [0.29, 0.717) is 12.4 Å². The van der Waals surface area contributed by atoms with Gasteiger partial charge < -0.3 is 10.1 Å². The molecule has 2 aromatic carbocycles. The molecule has 0 aliphatic heterocycles. The number of aromatic nitrogens is 2. The van der Waals surface area contributed by atoms with Crippen molar-refractivity contribution in [1.82, 2.24) is 9.97 Å². The molecule has 1 aromatic heterocycles. The Balaban J connectivity index is 1.63. The fraction of sp³-hybridized carbons (Fsp3) is 0.105. The Morgan fingerprint density at radius 2 is 1.83 bits per heavy atom. The van der Waals surface area contributed by atoms with Crippen LogP contribution in [0.4, 0.5) is 11.5 Å². The van der Waals surface area contributed by atoms with Crippen molar-refractivity contribution in [3.05, 3.63) is 78.2 Å².